The average molecular weight is 526 g/mol. The van der Waals surface area contributed by atoms with Crippen molar-refractivity contribution in [1.82, 2.24) is 9.80 Å². The maximum atomic E-state index is 5.65. The number of allylic oxidation sites excluding steroid dienone is 2. The molecule has 1 unspecified atom stereocenters. The molecule has 2 N–H and O–H groups in total. The van der Waals surface area contributed by atoms with Gasteiger partial charge in [-0.2, -0.15) is 0 Å². The van der Waals surface area contributed by atoms with Crippen molar-refractivity contribution in [1.29, 1.82) is 0 Å². The second kappa shape index (κ2) is 17.7. The Balaban J connectivity index is 0.000000360. The van der Waals surface area contributed by atoms with E-state index in [4.69, 9.17) is 10.5 Å². The maximum absolute atomic E-state index is 5.65. The number of hydrogen-bond donors (Lipinski definition) is 1. The zero-order valence-corrected chi connectivity index (χ0v) is 25.7. The molecule has 4 heteroatoms. The first-order valence-electron chi connectivity index (χ1n) is 15.7. The number of ether oxygens (including phenoxy) is 1. The Bertz CT molecular complexity index is 813. The number of nitrogens with two attached hydrogens (primary N) is 1. The molecule has 216 valence electrons. The van der Waals surface area contributed by atoms with Gasteiger partial charge in [-0.1, -0.05) is 71.7 Å². The van der Waals surface area contributed by atoms with E-state index in [0.29, 0.717) is 11.8 Å². The summed E-state index contributed by atoms with van der Waals surface area (Å²) in [7, 11) is 1.80. The number of para-hydroxylation sites is 1. The summed E-state index contributed by atoms with van der Waals surface area (Å²) in [4.78, 5) is 5.61. The predicted molar refractivity (Wildman–Crippen MR) is 166 cm³/mol. The van der Waals surface area contributed by atoms with Crippen LogP contribution in [-0.2, 0) is 0 Å². The van der Waals surface area contributed by atoms with Gasteiger partial charge in [0.25, 0.3) is 0 Å². The van der Waals surface area contributed by atoms with Crippen molar-refractivity contribution in [3.63, 3.8) is 0 Å². The van der Waals surface area contributed by atoms with Crippen LogP contribution >= 0.6 is 0 Å². The van der Waals surface area contributed by atoms with Crippen LogP contribution in [0.4, 0.5) is 0 Å². The molecule has 0 aromatic heterocycles. The van der Waals surface area contributed by atoms with Gasteiger partial charge in [-0.05, 0) is 87.0 Å². The van der Waals surface area contributed by atoms with E-state index in [2.05, 4.69) is 61.4 Å². The first kappa shape index (κ1) is 32.4. The predicted octanol–water partition coefficient (Wildman–Crippen LogP) is 8.15. The van der Waals surface area contributed by atoms with Gasteiger partial charge in [0.2, 0.25) is 0 Å². The van der Waals surface area contributed by atoms with Gasteiger partial charge in [-0.25, -0.2) is 0 Å². The first-order valence-corrected chi connectivity index (χ1v) is 15.7. The van der Waals surface area contributed by atoms with Crippen molar-refractivity contribution in [2.24, 2.45) is 11.7 Å². The average Bonchev–Trinajstić information content (AvgIpc) is 3.01. The number of nitrogens with zero attached hydrogens (tertiary/aromatic N) is 2. The minimum absolute atomic E-state index is 0.581. The summed E-state index contributed by atoms with van der Waals surface area (Å²) < 4.78 is 5.60. The third-order valence-electron chi connectivity index (χ3n) is 9.26. The van der Waals surface area contributed by atoms with E-state index in [9.17, 15) is 0 Å². The van der Waals surface area contributed by atoms with Gasteiger partial charge < -0.3 is 10.5 Å². The molecule has 1 saturated heterocycles. The molecular weight excluding hydrogens is 466 g/mol. The lowest BCUT2D eigenvalue weighted by Gasteiger charge is -2.45. The molecule has 1 heterocycles. The van der Waals surface area contributed by atoms with E-state index in [-0.39, 0.29) is 0 Å². The highest BCUT2D eigenvalue weighted by atomic mass is 16.5. The Kier molecular flexibility index (Phi) is 15.1. The molecule has 0 bridgehead atoms. The lowest BCUT2D eigenvalue weighted by Crippen LogP contribution is -2.53. The quantitative estimate of drug-likeness (QED) is 0.365. The van der Waals surface area contributed by atoms with E-state index in [0.717, 1.165) is 30.0 Å². The molecule has 1 atom stereocenters. The lowest BCUT2D eigenvalue weighted by molar-refractivity contribution is 0.0444. The summed E-state index contributed by atoms with van der Waals surface area (Å²) in [5.41, 5.74) is 9.16. The van der Waals surface area contributed by atoms with Crippen LogP contribution in [0.3, 0.4) is 0 Å². The number of piperazine rings is 1. The molecule has 3 aliphatic rings. The van der Waals surface area contributed by atoms with Gasteiger partial charge in [-0.15, -0.1) is 0 Å². The van der Waals surface area contributed by atoms with Crippen LogP contribution in [0.1, 0.15) is 110 Å². The number of benzene rings is 1. The van der Waals surface area contributed by atoms with E-state index < -0.39 is 0 Å². The van der Waals surface area contributed by atoms with E-state index >= 15 is 0 Å². The van der Waals surface area contributed by atoms with Crippen molar-refractivity contribution in [3.8, 4) is 5.75 Å². The van der Waals surface area contributed by atoms with Crippen LogP contribution in [-0.4, -0.2) is 55.2 Å². The summed E-state index contributed by atoms with van der Waals surface area (Å²) >= 11 is 0. The smallest absolute Gasteiger partial charge is 0.122 e. The molecule has 2 aliphatic carbocycles. The first-order chi connectivity index (χ1) is 18.5. The van der Waals surface area contributed by atoms with Crippen LogP contribution in [0.25, 0.3) is 0 Å². The highest BCUT2D eigenvalue weighted by molar-refractivity contribution is 5.36. The van der Waals surface area contributed by atoms with Crippen LogP contribution in [0.2, 0.25) is 0 Å². The minimum Gasteiger partial charge on any atom is -0.496 e. The molecule has 4 nitrogen and oxygen atoms in total. The standard InChI is InChI=1S/C23H36N2O.C9H17N.C2H6/c1-26-23-10-6-5-9-22(23)19-11-13-21(14-12-19)25-17-15-24(16-18-25)20-7-3-2-4-8-20;1-5-7(3)8(4)9(10)6-2;1-2/h5-6,9-10,19-21H,2-4,7-8,11-18H2,1H3;6-7H,2,5,10H2,1,3-4H3;1-2H3/b;9-8-;. The second-order valence-electron chi connectivity index (χ2n) is 11.3. The summed E-state index contributed by atoms with van der Waals surface area (Å²) in [5, 5.41) is 0. The van der Waals surface area contributed by atoms with E-state index in [1.165, 1.54) is 95.1 Å². The molecular formula is C34H59N3O. The third-order valence-corrected chi connectivity index (χ3v) is 9.26. The van der Waals surface area contributed by atoms with Crippen molar-refractivity contribution >= 4 is 0 Å². The monoisotopic (exact) mass is 525 g/mol. The highest BCUT2D eigenvalue weighted by Gasteiger charge is 2.31. The largest absolute Gasteiger partial charge is 0.496 e. The molecule has 0 spiro atoms. The Morgan fingerprint density at radius 1 is 0.947 bits per heavy atom. The SMILES string of the molecule is C=C/C(N)=C(\C)C(C)CC.CC.COc1ccccc1C1CCC(N2CCN(C3CCCCC3)CC2)CC1. The molecule has 2 saturated carbocycles. The van der Waals surface area contributed by atoms with Crippen molar-refractivity contribution in [3.05, 3.63) is 53.8 Å². The van der Waals surface area contributed by atoms with E-state index in [1.54, 1.807) is 13.2 Å². The molecule has 0 amide bonds. The maximum Gasteiger partial charge on any atom is 0.122 e. The summed E-state index contributed by atoms with van der Waals surface area (Å²) in [5.74, 6) is 2.35. The number of rotatable bonds is 7. The van der Waals surface area contributed by atoms with Crippen molar-refractivity contribution in [2.45, 2.75) is 117 Å². The highest BCUT2D eigenvalue weighted by Crippen LogP contribution is 2.39. The zero-order valence-electron chi connectivity index (χ0n) is 25.7. The van der Waals surface area contributed by atoms with Crippen molar-refractivity contribution in [2.75, 3.05) is 33.3 Å². The molecule has 38 heavy (non-hydrogen) atoms. The fourth-order valence-corrected chi connectivity index (χ4v) is 6.42. The topological polar surface area (TPSA) is 41.7 Å². The van der Waals surface area contributed by atoms with Gasteiger partial charge in [0, 0.05) is 44.0 Å². The number of hydrogen-bond acceptors (Lipinski definition) is 4. The Morgan fingerprint density at radius 2 is 1.47 bits per heavy atom. The van der Waals surface area contributed by atoms with Gasteiger partial charge in [-0.3, -0.25) is 9.80 Å². The van der Waals surface area contributed by atoms with Crippen LogP contribution in [0.15, 0.2) is 48.2 Å². The fourth-order valence-electron chi connectivity index (χ4n) is 6.42. The molecule has 4 rings (SSSR count). The summed E-state index contributed by atoms with van der Waals surface area (Å²) in [6.07, 6.45) is 15.5. The number of methoxy groups -OCH3 is 1. The molecule has 1 aromatic carbocycles. The Labute approximate surface area is 235 Å². The second-order valence-corrected chi connectivity index (χ2v) is 11.3. The van der Waals surface area contributed by atoms with Crippen molar-refractivity contribution < 1.29 is 4.74 Å². The van der Waals surface area contributed by atoms with Crippen LogP contribution in [0.5, 0.6) is 5.75 Å². The molecule has 0 radical (unpaired) electrons. The van der Waals surface area contributed by atoms with Crippen LogP contribution < -0.4 is 10.5 Å². The Morgan fingerprint density at radius 3 is 1.97 bits per heavy atom. The third kappa shape index (κ3) is 9.45. The fraction of sp³-hybridized carbons (Fsp3) is 0.706. The summed E-state index contributed by atoms with van der Waals surface area (Å²) in [6, 6.07) is 10.3. The summed E-state index contributed by atoms with van der Waals surface area (Å²) in [6.45, 7) is 19.2. The van der Waals surface area contributed by atoms with Crippen LogP contribution in [0, 0.1) is 5.92 Å². The minimum atomic E-state index is 0.581. The molecule has 3 fully saturated rings. The van der Waals surface area contributed by atoms with Gasteiger partial charge >= 0.3 is 0 Å². The Hall–Kier alpha value is -1.78. The zero-order chi connectivity index (χ0) is 27.9. The van der Waals surface area contributed by atoms with Gasteiger partial charge in [0.15, 0.2) is 0 Å². The molecule has 1 aromatic rings. The van der Waals surface area contributed by atoms with Gasteiger partial charge in [0.1, 0.15) is 5.75 Å². The van der Waals surface area contributed by atoms with E-state index in [1.807, 2.05) is 13.8 Å². The lowest BCUT2D eigenvalue weighted by atomic mass is 9.80. The van der Waals surface area contributed by atoms with Gasteiger partial charge in [0.05, 0.1) is 7.11 Å². The molecule has 1 aliphatic heterocycles. The normalized spacial score (nSPS) is 24.6.